The molecule has 0 fully saturated rings. The number of alkyl halides is 3. The standard InChI is InChI=1S/C12H8F4OS.CH4/c1-6-4-8(17)5-7-2-3-9(13)11(10(6)7)18-12(14,15)16;/h2-5,17H,1H3;1H4. The van der Waals surface area contributed by atoms with Gasteiger partial charge in [0, 0.05) is 5.39 Å². The second-order valence-electron chi connectivity index (χ2n) is 3.79. The molecular weight excluding hydrogens is 280 g/mol. The first kappa shape index (κ1) is 15.6. The van der Waals surface area contributed by atoms with Crippen LogP contribution in [-0.2, 0) is 0 Å². The maximum absolute atomic E-state index is 13.5. The van der Waals surface area contributed by atoms with Gasteiger partial charge in [0.05, 0.1) is 4.90 Å². The van der Waals surface area contributed by atoms with Crippen LogP contribution in [0, 0.1) is 12.7 Å². The maximum atomic E-state index is 13.5. The summed E-state index contributed by atoms with van der Waals surface area (Å²) in [6.07, 6.45) is 0. The lowest BCUT2D eigenvalue weighted by Gasteiger charge is -2.12. The van der Waals surface area contributed by atoms with E-state index in [1.165, 1.54) is 25.1 Å². The van der Waals surface area contributed by atoms with E-state index in [-0.39, 0.29) is 18.6 Å². The fourth-order valence-corrected chi connectivity index (χ4v) is 2.59. The van der Waals surface area contributed by atoms with Crippen molar-refractivity contribution in [2.24, 2.45) is 0 Å². The minimum absolute atomic E-state index is 0. The van der Waals surface area contributed by atoms with Gasteiger partial charge in [0.15, 0.2) is 0 Å². The Hall–Kier alpha value is -1.43. The average Bonchev–Trinajstić information content (AvgIpc) is 2.20. The zero-order chi connectivity index (χ0) is 13.5. The summed E-state index contributed by atoms with van der Waals surface area (Å²) in [5, 5.41) is 9.93. The van der Waals surface area contributed by atoms with E-state index >= 15 is 0 Å². The molecule has 0 bridgehead atoms. The van der Waals surface area contributed by atoms with E-state index in [0.717, 1.165) is 6.07 Å². The smallest absolute Gasteiger partial charge is 0.446 e. The topological polar surface area (TPSA) is 20.2 Å². The van der Waals surface area contributed by atoms with Gasteiger partial charge in [0.25, 0.3) is 0 Å². The molecule has 2 aromatic carbocycles. The number of hydrogen-bond acceptors (Lipinski definition) is 2. The monoisotopic (exact) mass is 292 g/mol. The second-order valence-corrected chi connectivity index (χ2v) is 4.86. The van der Waals surface area contributed by atoms with E-state index in [9.17, 15) is 22.7 Å². The van der Waals surface area contributed by atoms with Crippen LogP contribution in [0.25, 0.3) is 10.8 Å². The van der Waals surface area contributed by atoms with Crippen molar-refractivity contribution in [3.05, 3.63) is 35.6 Å². The molecule has 0 saturated carbocycles. The number of phenols is 1. The lowest BCUT2D eigenvalue weighted by atomic mass is 10.0. The van der Waals surface area contributed by atoms with Crippen LogP contribution in [0.5, 0.6) is 5.75 Å². The molecule has 0 atom stereocenters. The van der Waals surface area contributed by atoms with Gasteiger partial charge in [-0.05, 0) is 47.8 Å². The van der Waals surface area contributed by atoms with Crippen molar-refractivity contribution in [3.8, 4) is 5.75 Å². The molecule has 2 rings (SSSR count). The van der Waals surface area contributed by atoms with Crippen LogP contribution in [0.3, 0.4) is 0 Å². The molecule has 0 unspecified atom stereocenters. The van der Waals surface area contributed by atoms with Gasteiger partial charge in [0.1, 0.15) is 11.6 Å². The lowest BCUT2D eigenvalue weighted by Crippen LogP contribution is -2.01. The van der Waals surface area contributed by atoms with Gasteiger partial charge < -0.3 is 5.11 Å². The number of aromatic hydroxyl groups is 1. The highest BCUT2D eigenvalue weighted by molar-refractivity contribution is 8.00. The zero-order valence-electron chi connectivity index (χ0n) is 9.18. The average molecular weight is 292 g/mol. The third-order valence-corrected chi connectivity index (χ3v) is 3.26. The Morgan fingerprint density at radius 1 is 1.16 bits per heavy atom. The summed E-state index contributed by atoms with van der Waals surface area (Å²) in [7, 11) is 0. The molecule has 0 aliphatic rings. The number of halogens is 4. The Labute approximate surface area is 112 Å². The third kappa shape index (κ3) is 3.32. The van der Waals surface area contributed by atoms with E-state index < -0.39 is 28.0 Å². The van der Waals surface area contributed by atoms with Crippen LogP contribution in [0.1, 0.15) is 13.0 Å². The van der Waals surface area contributed by atoms with Gasteiger partial charge in [-0.3, -0.25) is 0 Å². The predicted octanol–water partition coefficient (Wildman–Crippen LogP) is 5.24. The highest BCUT2D eigenvalue weighted by atomic mass is 32.2. The molecule has 0 amide bonds. The summed E-state index contributed by atoms with van der Waals surface area (Å²) >= 11 is -0.480. The van der Waals surface area contributed by atoms with E-state index in [1.54, 1.807) is 0 Å². The highest BCUT2D eigenvalue weighted by Crippen LogP contribution is 2.43. The van der Waals surface area contributed by atoms with Crippen LogP contribution in [0.2, 0.25) is 0 Å². The SMILES string of the molecule is C.Cc1cc(O)cc2ccc(F)c(SC(F)(F)F)c12. The molecule has 0 aliphatic heterocycles. The van der Waals surface area contributed by atoms with Crippen LogP contribution in [-0.4, -0.2) is 10.6 Å². The number of fused-ring (bicyclic) bond motifs is 1. The summed E-state index contributed by atoms with van der Waals surface area (Å²) in [4.78, 5) is -0.461. The van der Waals surface area contributed by atoms with Crippen molar-refractivity contribution in [2.45, 2.75) is 24.8 Å². The minimum atomic E-state index is -4.56. The molecule has 1 nitrogen and oxygen atoms in total. The van der Waals surface area contributed by atoms with Crippen LogP contribution >= 0.6 is 11.8 Å². The summed E-state index contributed by atoms with van der Waals surface area (Å²) < 4.78 is 50.8. The largest absolute Gasteiger partial charge is 0.508 e. The first-order chi connectivity index (χ1) is 8.28. The van der Waals surface area contributed by atoms with Gasteiger partial charge in [-0.1, -0.05) is 13.5 Å². The molecular formula is C13H12F4OS. The van der Waals surface area contributed by atoms with Gasteiger partial charge in [-0.25, -0.2) is 4.39 Å². The van der Waals surface area contributed by atoms with Crippen molar-refractivity contribution >= 4 is 22.5 Å². The molecule has 0 spiro atoms. The first-order valence-corrected chi connectivity index (χ1v) is 5.77. The van der Waals surface area contributed by atoms with Crippen LogP contribution < -0.4 is 0 Å². The van der Waals surface area contributed by atoms with Gasteiger partial charge >= 0.3 is 5.51 Å². The molecule has 0 saturated heterocycles. The van der Waals surface area contributed by atoms with Gasteiger partial charge in [-0.2, -0.15) is 13.2 Å². The minimum Gasteiger partial charge on any atom is -0.508 e. The van der Waals surface area contributed by atoms with E-state index in [1.807, 2.05) is 0 Å². The fourth-order valence-electron chi connectivity index (χ4n) is 1.81. The number of hydrogen-bond donors (Lipinski definition) is 1. The molecule has 6 heteroatoms. The van der Waals surface area contributed by atoms with E-state index in [4.69, 9.17) is 0 Å². The quantitative estimate of drug-likeness (QED) is 0.573. The van der Waals surface area contributed by atoms with Crippen molar-refractivity contribution in [1.29, 1.82) is 0 Å². The Morgan fingerprint density at radius 3 is 2.37 bits per heavy atom. The van der Waals surface area contributed by atoms with Crippen LogP contribution in [0.4, 0.5) is 17.6 Å². The molecule has 0 heterocycles. The van der Waals surface area contributed by atoms with Gasteiger partial charge in [0.2, 0.25) is 0 Å². The van der Waals surface area contributed by atoms with Crippen molar-refractivity contribution in [1.82, 2.24) is 0 Å². The molecule has 0 aliphatic carbocycles. The third-order valence-electron chi connectivity index (χ3n) is 2.42. The molecule has 0 aromatic heterocycles. The maximum Gasteiger partial charge on any atom is 0.446 e. The second kappa shape index (κ2) is 5.28. The normalized spacial score (nSPS) is 11.4. The molecule has 19 heavy (non-hydrogen) atoms. The Kier molecular flexibility index (Phi) is 4.35. The number of aryl methyl sites for hydroxylation is 1. The number of benzene rings is 2. The molecule has 2 aromatic rings. The van der Waals surface area contributed by atoms with Gasteiger partial charge in [-0.15, -0.1) is 0 Å². The fraction of sp³-hybridized carbons (Fsp3) is 0.231. The van der Waals surface area contributed by atoms with Crippen molar-refractivity contribution < 1.29 is 22.7 Å². The Balaban J connectivity index is 0.00000180. The lowest BCUT2D eigenvalue weighted by molar-refractivity contribution is -0.0328. The predicted molar refractivity (Wildman–Crippen MR) is 69.0 cm³/mol. The first-order valence-electron chi connectivity index (χ1n) is 4.95. The van der Waals surface area contributed by atoms with E-state index in [2.05, 4.69) is 0 Å². The molecule has 0 radical (unpaired) electrons. The highest BCUT2D eigenvalue weighted by Gasteiger charge is 2.32. The molecule has 1 N–H and O–H groups in total. The van der Waals surface area contributed by atoms with Crippen molar-refractivity contribution in [2.75, 3.05) is 0 Å². The van der Waals surface area contributed by atoms with E-state index in [0.29, 0.717) is 10.9 Å². The number of rotatable bonds is 1. The molecule has 104 valence electrons. The Morgan fingerprint density at radius 2 is 1.79 bits per heavy atom. The summed E-state index contributed by atoms with van der Waals surface area (Å²) in [5.41, 5.74) is -4.16. The summed E-state index contributed by atoms with van der Waals surface area (Å²) in [6.45, 7) is 1.53. The number of phenolic OH excluding ortho intramolecular Hbond substituents is 1. The van der Waals surface area contributed by atoms with Crippen molar-refractivity contribution in [3.63, 3.8) is 0 Å². The Bertz CT molecular complexity index is 608. The van der Waals surface area contributed by atoms with Crippen LogP contribution in [0.15, 0.2) is 29.2 Å². The summed E-state index contributed by atoms with van der Waals surface area (Å²) in [5.74, 6) is -0.979. The summed E-state index contributed by atoms with van der Waals surface area (Å²) in [6, 6.07) is 4.93. The zero-order valence-corrected chi connectivity index (χ0v) is 9.99. The number of thioether (sulfide) groups is 1.